The third-order valence-corrected chi connectivity index (χ3v) is 3.23. The summed E-state index contributed by atoms with van der Waals surface area (Å²) >= 11 is 0. The largest absolute Gasteiger partial charge is 0.357 e. The van der Waals surface area contributed by atoms with E-state index in [0.29, 0.717) is 0 Å². The van der Waals surface area contributed by atoms with Gasteiger partial charge in [-0.3, -0.25) is 4.99 Å². The Labute approximate surface area is 137 Å². The monoisotopic (exact) mass is 391 g/mol. The highest BCUT2D eigenvalue weighted by molar-refractivity contribution is 14.0. The predicted octanol–water partition coefficient (Wildman–Crippen LogP) is 3.25. The van der Waals surface area contributed by atoms with E-state index in [-0.39, 0.29) is 29.8 Å². The van der Waals surface area contributed by atoms with Crippen molar-refractivity contribution in [2.24, 2.45) is 10.9 Å². The van der Waals surface area contributed by atoms with Crippen molar-refractivity contribution in [3.63, 3.8) is 0 Å². The molecule has 20 heavy (non-hydrogen) atoms. The molecule has 0 amide bonds. The maximum Gasteiger partial charge on any atom is 0.193 e. The number of rotatable bonds is 5. The van der Waals surface area contributed by atoms with E-state index < -0.39 is 0 Å². The summed E-state index contributed by atoms with van der Waals surface area (Å²) in [4.78, 5) is 6.73. The molecule has 0 heterocycles. The summed E-state index contributed by atoms with van der Waals surface area (Å²) in [5, 5.41) is 3.30. The molecular weight excluding hydrogens is 368 g/mol. The molecule has 1 aliphatic carbocycles. The molecule has 1 aromatic carbocycles. The van der Waals surface area contributed by atoms with Crippen molar-refractivity contribution in [3.05, 3.63) is 35.6 Å². The molecule has 0 aliphatic heterocycles. The number of benzene rings is 1. The van der Waals surface area contributed by atoms with Crippen LogP contribution in [0.25, 0.3) is 0 Å². The fourth-order valence-electron chi connectivity index (χ4n) is 1.92. The summed E-state index contributed by atoms with van der Waals surface area (Å²) in [6, 6.07) is 6.63. The SMILES string of the molecule is CCNC(=NCC1CC1)N(C)Cc1ccc(F)cc1.I. The quantitative estimate of drug-likeness (QED) is 0.474. The van der Waals surface area contributed by atoms with E-state index in [2.05, 4.69) is 22.1 Å². The number of halogens is 2. The minimum atomic E-state index is -0.194. The molecule has 1 saturated carbocycles. The molecule has 1 aromatic rings. The molecule has 0 atom stereocenters. The molecule has 1 aliphatic rings. The summed E-state index contributed by atoms with van der Waals surface area (Å²) in [6.07, 6.45) is 2.62. The van der Waals surface area contributed by atoms with Gasteiger partial charge in [0.1, 0.15) is 5.82 Å². The van der Waals surface area contributed by atoms with Gasteiger partial charge in [0.2, 0.25) is 0 Å². The van der Waals surface area contributed by atoms with Crippen LogP contribution >= 0.6 is 24.0 Å². The van der Waals surface area contributed by atoms with Gasteiger partial charge < -0.3 is 10.2 Å². The number of nitrogens with zero attached hydrogens (tertiary/aromatic N) is 2. The second-order valence-electron chi connectivity index (χ2n) is 5.12. The van der Waals surface area contributed by atoms with Crippen LogP contribution in [0.2, 0.25) is 0 Å². The molecule has 0 unspecified atom stereocenters. The smallest absolute Gasteiger partial charge is 0.193 e. The van der Waals surface area contributed by atoms with Crippen molar-refractivity contribution in [2.45, 2.75) is 26.3 Å². The van der Waals surface area contributed by atoms with Gasteiger partial charge in [-0.25, -0.2) is 4.39 Å². The molecule has 1 N–H and O–H groups in total. The number of nitrogens with one attached hydrogen (secondary N) is 1. The molecule has 0 aromatic heterocycles. The molecule has 1 fully saturated rings. The highest BCUT2D eigenvalue weighted by atomic mass is 127. The third kappa shape index (κ3) is 5.64. The second-order valence-corrected chi connectivity index (χ2v) is 5.12. The van der Waals surface area contributed by atoms with E-state index in [4.69, 9.17) is 0 Å². The molecular formula is C15H23FIN3. The van der Waals surface area contributed by atoms with Gasteiger partial charge in [0.15, 0.2) is 5.96 Å². The average molecular weight is 391 g/mol. The van der Waals surface area contributed by atoms with E-state index in [1.807, 2.05) is 19.2 Å². The molecule has 2 rings (SSSR count). The molecule has 0 radical (unpaired) electrons. The zero-order chi connectivity index (χ0) is 13.7. The van der Waals surface area contributed by atoms with Crippen LogP contribution in [0.15, 0.2) is 29.3 Å². The maximum atomic E-state index is 12.9. The lowest BCUT2D eigenvalue weighted by atomic mass is 10.2. The van der Waals surface area contributed by atoms with E-state index in [9.17, 15) is 4.39 Å². The Balaban J connectivity index is 0.00000200. The zero-order valence-corrected chi connectivity index (χ0v) is 14.4. The molecule has 3 nitrogen and oxygen atoms in total. The predicted molar refractivity (Wildman–Crippen MR) is 92.0 cm³/mol. The molecule has 112 valence electrons. The lowest BCUT2D eigenvalue weighted by Gasteiger charge is -2.22. The number of guanidine groups is 1. The lowest BCUT2D eigenvalue weighted by molar-refractivity contribution is 0.475. The van der Waals surface area contributed by atoms with Crippen LogP contribution in [0.5, 0.6) is 0 Å². The minimum Gasteiger partial charge on any atom is -0.357 e. The number of aliphatic imine (C=N–C) groups is 1. The first-order chi connectivity index (χ1) is 9.19. The van der Waals surface area contributed by atoms with E-state index >= 15 is 0 Å². The molecule has 0 spiro atoms. The van der Waals surface area contributed by atoms with Gasteiger partial charge in [0, 0.05) is 26.7 Å². The highest BCUT2D eigenvalue weighted by Gasteiger charge is 2.21. The van der Waals surface area contributed by atoms with Crippen molar-refractivity contribution >= 4 is 29.9 Å². The Kier molecular flexibility index (Phi) is 7.26. The van der Waals surface area contributed by atoms with E-state index in [1.165, 1.54) is 25.0 Å². The fraction of sp³-hybridized carbons (Fsp3) is 0.533. The normalized spacial score (nSPS) is 14.7. The van der Waals surface area contributed by atoms with Crippen LogP contribution in [0.3, 0.4) is 0 Å². The van der Waals surface area contributed by atoms with Crippen molar-refractivity contribution in [1.82, 2.24) is 10.2 Å². The van der Waals surface area contributed by atoms with E-state index in [0.717, 1.165) is 37.1 Å². The Hall–Kier alpha value is -0.850. The average Bonchev–Trinajstić information content (AvgIpc) is 3.21. The van der Waals surface area contributed by atoms with Crippen LogP contribution in [-0.2, 0) is 6.54 Å². The summed E-state index contributed by atoms with van der Waals surface area (Å²) < 4.78 is 12.9. The van der Waals surface area contributed by atoms with Crippen LogP contribution < -0.4 is 5.32 Å². The Bertz CT molecular complexity index is 429. The molecule has 0 saturated heterocycles. The summed E-state index contributed by atoms with van der Waals surface area (Å²) in [6.45, 7) is 4.57. The first-order valence-corrected chi connectivity index (χ1v) is 6.93. The first kappa shape index (κ1) is 17.2. The summed E-state index contributed by atoms with van der Waals surface area (Å²) in [5.41, 5.74) is 1.08. The maximum absolute atomic E-state index is 12.9. The van der Waals surface area contributed by atoms with Gasteiger partial charge in [-0.05, 0) is 43.4 Å². The molecule has 0 bridgehead atoms. The molecule has 5 heteroatoms. The van der Waals surface area contributed by atoms with Gasteiger partial charge >= 0.3 is 0 Å². The lowest BCUT2D eigenvalue weighted by Crippen LogP contribution is -2.38. The third-order valence-electron chi connectivity index (χ3n) is 3.23. The van der Waals surface area contributed by atoms with Crippen molar-refractivity contribution in [1.29, 1.82) is 0 Å². The van der Waals surface area contributed by atoms with Gasteiger partial charge in [0.25, 0.3) is 0 Å². The standard InChI is InChI=1S/C15H22FN3.HI/c1-3-17-15(18-10-12-4-5-12)19(2)11-13-6-8-14(16)9-7-13;/h6-9,12H,3-5,10-11H2,1-2H3,(H,17,18);1H. The fourth-order valence-corrected chi connectivity index (χ4v) is 1.92. The summed E-state index contributed by atoms with van der Waals surface area (Å²) in [5.74, 6) is 1.52. The Morgan fingerprint density at radius 2 is 2.00 bits per heavy atom. The van der Waals surface area contributed by atoms with Crippen molar-refractivity contribution in [3.8, 4) is 0 Å². The van der Waals surface area contributed by atoms with Gasteiger partial charge in [0.05, 0.1) is 0 Å². The van der Waals surface area contributed by atoms with E-state index in [1.54, 1.807) is 0 Å². The number of hydrogen-bond acceptors (Lipinski definition) is 1. The number of hydrogen-bond donors (Lipinski definition) is 1. The van der Waals surface area contributed by atoms with Crippen LogP contribution in [0.1, 0.15) is 25.3 Å². The van der Waals surface area contributed by atoms with Crippen LogP contribution in [-0.4, -0.2) is 31.0 Å². The van der Waals surface area contributed by atoms with Crippen molar-refractivity contribution in [2.75, 3.05) is 20.1 Å². The van der Waals surface area contributed by atoms with Crippen molar-refractivity contribution < 1.29 is 4.39 Å². The second kappa shape index (κ2) is 8.44. The Morgan fingerprint density at radius 3 is 2.55 bits per heavy atom. The van der Waals surface area contributed by atoms with Crippen LogP contribution in [0, 0.1) is 11.7 Å². The first-order valence-electron chi connectivity index (χ1n) is 6.93. The minimum absolute atomic E-state index is 0. The van der Waals surface area contributed by atoms with Crippen LogP contribution in [0.4, 0.5) is 4.39 Å². The topological polar surface area (TPSA) is 27.6 Å². The Morgan fingerprint density at radius 1 is 1.35 bits per heavy atom. The van der Waals surface area contributed by atoms with Gasteiger partial charge in [-0.1, -0.05) is 12.1 Å². The van der Waals surface area contributed by atoms with Gasteiger partial charge in [-0.2, -0.15) is 0 Å². The summed E-state index contributed by atoms with van der Waals surface area (Å²) in [7, 11) is 2.01. The zero-order valence-electron chi connectivity index (χ0n) is 12.1. The highest BCUT2D eigenvalue weighted by Crippen LogP contribution is 2.28. The van der Waals surface area contributed by atoms with Gasteiger partial charge in [-0.15, -0.1) is 24.0 Å².